The summed E-state index contributed by atoms with van der Waals surface area (Å²) in [7, 11) is 3.61. The number of hydrogen-bond acceptors (Lipinski definition) is 4. The first-order valence-corrected chi connectivity index (χ1v) is 6.74. The summed E-state index contributed by atoms with van der Waals surface area (Å²) in [6.07, 6.45) is 2.52. The van der Waals surface area contributed by atoms with Gasteiger partial charge in [-0.25, -0.2) is 0 Å². The Labute approximate surface area is 127 Å². The first-order valence-electron chi connectivity index (χ1n) is 6.74. The standard InChI is InChI=1S/C15H21N3O.ClH/c1-17-10-14-4-3-7-18(14)11-12-5-6-13(9-16)15(8-12)19-2;/h5-6,8,14,17H,3-4,7,10-11H2,1-2H3;1H. The molecule has 0 spiro atoms. The number of hydrogen-bond donors (Lipinski definition) is 1. The van der Waals surface area contributed by atoms with E-state index < -0.39 is 0 Å². The molecule has 1 aliphatic heterocycles. The summed E-state index contributed by atoms with van der Waals surface area (Å²) in [5.74, 6) is 0.671. The van der Waals surface area contributed by atoms with E-state index in [2.05, 4.69) is 16.3 Å². The predicted octanol–water partition coefficient (Wildman–Crippen LogP) is 2.17. The molecule has 4 nitrogen and oxygen atoms in total. The normalized spacial score (nSPS) is 18.4. The molecule has 0 bridgehead atoms. The van der Waals surface area contributed by atoms with Crippen LogP contribution in [0.2, 0.25) is 0 Å². The van der Waals surface area contributed by atoms with Gasteiger partial charge in [-0.3, -0.25) is 4.90 Å². The smallest absolute Gasteiger partial charge is 0.136 e. The summed E-state index contributed by atoms with van der Waals surface area (Å²) >= 11 is 0. The SMILES string of the molecule is CNCC1CCCN1Cc1ccc(C#N)c(OC)c1.Cl. The molecule has 20 heavy (non-hydrogen) atoms. The highest BCUT2D eigenvalue weighted by molar-refractivity contribution is 5.85. The van der Waals surface area contributed by atoms with Crippen molar-refractivity contribution in [1.82, 2.24) is 10.2 Å². The summed E-state index contributed by atoms with van der Waals surface area (Å²) in [6, 6.07) is 8.61. The maximum atomic E-state index is 8.99. The van der Waals surface area contributed by atoms with Gasteiger partial charge in [0.25, 0.3) is 0 Å². The molecule has 0 amide bonds. The number of nitrogens with zero attached hydrogens (tertiary/aromatic N) is 2. The third-order valence-electron chi connectivity index (χ3n) is 3.71. The topological polar surface area (TPSA) is 48.3 Å². The average molecular weight is 296 g/mol. The van der Waals surface area contributed by atoms with Crippen LogP contribution in [0.4, 0.5) is 0 Å². The zero-order chi connectivity index (χ0) is 13.7. The third-order valence-corrected chi connectivity index (χ3v) is 3.71. The van der Waals surface area contributed by atoms with Gasteiger partial charge >= 0.3 is 0 Å². The molecule has 1 N–H and O–H groups in total. The maximum Gasteiger partial charge on any atom is 0.136 e. The molecule has 1 atom stereocenters. The summed E-state index contributed by atoms with van der Waals surface area (Å²) < 4.78 is 5.26. The lowest BCUT2D eigenvalue weighted by atomic mass is 10.1. The number of methoxy groups -OCH3 is 1. The zero-order valence-electron chi connectivity index (χ0n) is 12.1. The second kappa shape index (κ2) is 8.11. The number of ether oxygens (including phenoxy) is 1. The Morgan fingerprint density at radius 2 is 2.30 bits per heavy atom. The lowest BCUT2D eigenvalue weighted by Gasteiger charge is -2.24. The maximum absolute atomic E-state index is 8.99. The molecule has 1 saturated heterocycles. The van der Waals surface area contributed by atoms with Crippen molar-refractivity contribution in [1.29, 1.82) is 5.26 Å². The van der Waals surface area contributed by atoms with Crippen molar-refractivity contribution in [2.75, 3.05) is 27.2 Å². The van der Waals surface area contributed by atoms with Crippen LogP contribution >= 0.6 is 12.4 Å². The van der Waals surface area contributed by atoms with E-state index in [4.69, 9.17) is 10.00 Å². The second-order valence-corrected chi connectivity index (χ2v) is 4.97. The molecule has 1 aromatic rings. The van der Waals surface area contributed by atoms with E-state index in [1.165, 1.54) is 18.4 Å². The molecule has 1 aliphatic rings. The van der Waals surface area contributed by atoms with Gasteiger partial charge in [0.1, 0.15) is 11.8 Å². The van der Waals surface area contributed by atoms with Gasteiger partial charge in [-0.2, -0.15) is 5.26 Å². The van der Waals surface area contributed by atoms with Crippen LogP contribution in [0.15, 0.2) is 18.2 Å². The summed E-state index contributed by atoms with van der Waals surface area (Å²) in [5, 5.41) is 12.2. The van der Waals surface area contributed by atoms with Crippen LogP contribution in [0.1, 0.15) is 24.0 Å². The van der Waals surface area contributed by atoms with Crippen molar-refractivity contribution in [2.45, 2.75) is 25.4 Å². The molecule has 2 rings (SSSR count). The minimum absolute atomic E-state index is 0. The minimum atomic E-state index is 0. The molecule has 0 saturated carbocycles. The molecule has 0 radical (unpaired) electrons. The molecule has 1 unspecified atom stereocenters. The van der Waals surface area contributed by atoms with E-state index in [-0.39, 0.29) is 12.4 Å². The van der Waals surface area contributed by atoms with E-state index in [9.17, 15) is 0 Å². The molecule has 5 heteroatoms. The largest absolute Gasteiger partial charge is 0.495 e. The molecular formula is C15H22ClN3O. The van der Waals surface area contributed by atoms with Gasteiger partial charge in [0.05, 0.1) is 12.7 Å². The minimum Gasteiger partial charge on any atom is -0.495 e. The lowest BCUT2D eigenvalue weighted by molar-refractivity contribution is 0.242. The van der Waals surface area contributed by atoms with Crippen molar-refractivity contribution < 1.29 is 4.74 Å². The van der Waals surface area contributed by atoms with Crippen LogP contribution in [0.5, 0.6) is 5.75 Å². The van der Waals surface area contributed by atoms with Crippen LogP contribution < -0.4 is 10.1 Å². The Bertz CT molecular complexity index is 473. The lowest BCUT2D eigenvalue weighted by Crippen LogP contribution is -2.36. The van der Waals surface area contributed by atoms with Gasteiger partial charge in [0.15, 0.2) is 0 Å². The quantitative estimate of drug-likeness (QED) is 0.904. The number of nitrogens with one attached hydrogen (secondary N) is 1. The first-order chi connectivity index (χ1) is 9.28. The van der Waals surface area contributed by atoms with Crippen molar-refractivity contribution in [3.05, 3.63) is 29.3 Å². The van der Waals surface area contributed by atoms with Crippen LogP contribution in [-0.2, 0) is 6.54 Å². The highest BCUT2D eigenvalue weighted by Crippen LogP contribution is 2.23. The van der Waals surface area contributed by atoms with E-state index in [0.717, 1.165) is 19.6 Å². The molecule has 1 aromatic carbocycles. The number of halogens is 1. The molecular weight excluding hydrogens is 274 g/mol. The van der Waals surface area contributed by atoms with E-state index in [0.29, 0.717) is 17.4 Å². The number of likely N-dealkylation sites (tertiary alicyclic amines) is 1. The van der Waals surface area contributed by atoms with Crippen molar-refractivity contribution >= 4 is 12.4 Å². The van der Waals surface area contributed by atoms with Crippen LogP contribution in [0.25, 0.3) is 0 Å². The van der Waals surface area contributed by atoms with Gasteiger partial charge in [0, 0.05) is 19.1 Å². The van der Waals surface area contributed by atoms with Gasteiger partial charge < -0.3 is 10.1 Å². The first kappa shape index (κ1) is 16.8. The molecule has 110 valence electrons. The van der Waals surface area contributed by atoms with Gasteiger partial charge in [-0.1, -0.05) is 6.07 Å². The van der Waals surface area contributed by atoms with Crippen LogP contribution in [0, 0.1) is 11.3 Å². The second-order valence-electron chi connectivity index (χ2n) is 4.97. The number of rotatable bonds is 5. The predicted molar refractivity (Wildman–Crippen MR) is 82.3 cm³/mol. The molecule has 0 aliphatic carbocycles. The summed E-state index contributed by atoms with van der Waals surface area (Å²) in [6.45, 7) is 3.11. The average Bonchev–Trinajstić information content (AvgIpc) is 2.86. The highest BCUT2D eigenvalue weighted by atomic mass is 35.5. The van der Waals surface area contributed by atoms with E-state index >= 15 is 0 Å². The van der Waals surface area contributed by atoms with E-state index in [1.54, 1.807) is 7.11 Å². The van der Waals surface area contributed by atoms with Gasteiger partial charge in [0.2, 0.25) is 0 Å². The zero-order valence-corrected chi connectivity index (χ0v) is 12.9. The van der Waals surface area contributed by atoms with Crippen molar-refractivity contribution in [3.63, 3.8) is 0 Å². The number of likely N-dealkylation sites (N-methyl/N-ethyl adjacent to an activating group) is 1. The number of benzene rings is 1. The Hall–Kier alpha value is -1.28. The number of nitriles is 1. The Morgan fingerprint density at radius 3 is 2.95 bits per heavy atom. The van der Waals surface area contributed by atoms with Crippen molar-refractivity contribution in [2.24, 2.45) is 0 Å². The fourth-order valence-electron chi connectivity index (χ4n) is 2.73. The molecule has 1 fully saturated rings. The highest BCUT2D eigenvalue weighted by Gasteiger charge is 2.23. The van der Waals surface area contributed by atoms with Crippen LogP contribution in [0.3, 0.4) is 0 Å². The van der Waals surface area contributed by atoms with Crippen molar-refractivity contribution in [3.8, 4) is 11.8 Å². The van der Waals surface area contributed by atoms with E-state index in [1.807, 2.05) is 25.2 Å². The van der Waals surface area contributed by atoms with Gasteiger partial charge in [-0.05, 0) is 44.1 Å². The Balaban J connectivity index is 0.00000200. The molecule has 0 aromatic heterocycles. The summed E-state index contributed by atoms with van der Waals surface area (Å²) in [5.41, 5.74) is 1.80. The van der Waals surface area contributed by atoms with Crippen LogP contribution in [-0.4, -0.2) is 38.2 Å². The summed E-state index contributed by atoms with van der Waals surface area (Å²) in [4.78, 5) is 2.50. The molecule has 1 heterocycles. The Morgan fingerprint density at radius 1 is 1.50 bits per heavy atom. The monoisotopic (exact) mass is 295 g/mol. The Kier molecular flexibility index (Phi) is 6.80. The fraction of sp³-hybridized carbons (Fsp3) is 0.533. The third kappa shape index (κ3) is 3.86. The van der Waals surface area contributed by atoms with Gasteiger partial charge in [-0.15, -0.1) is 12.4 Å². The fourth-order valence-corrected chi connectivity index (χ4v) is 2.73.